The molecule has 0 aliphatic rings. The Balaban J connectivity index is 0. The van der Waals surface area contributed by atoms with Crippen molar-refractivity contribution in [2.24, 2.45) is 0 Å². The minimum atomic E-state index is 1.17. The fraction of sp³-hybridized carbons (Fsp3) is 0.571. The second-order valence-corrected chi connectivity index (χ2v) is 1.69. The zero-order valence-electron chi connectivity index (χ0n) is 5.94. The fourth-order valence-electron chi connectivity index (χ4n) is 0.408. The van der Waals surface area contributed by atoms with Gasteiger partial charge in [0.25, 0.3) is 0 Å². The van der Waals surface area contributed by atoms with Crippen LogP contribution in [-0.4, -0.2) is 5.23 Å². The Bertz CT molecular complexity index is 60.8. The SMILES string of the molecule is CCC=C(C)C.[CH2]=[V]. The van der Waals surface area contributed by atoms with E-state index in [2.05, 4.69) is 49.1 Å². The van der Waals surface area contributed by atoms with Gasteiger partial charge in [0.1, 0.15) is 0 Å². The van der Waals surface area contributed by atoms with E-state index < -0.39 is 0 Å². The summed E-state index contributed by atoms with van der Waals surface area (Å²) in [5.74, 6) is 0. The summed E-state index contributed by atoms with van der Waals surface area (Å²) in [5.41, 5.74) is 1.41. The molecular formula is C7H14V. The van der Waals surface area contributed by atoms with Crippen LogP contribution < -0.4 is 0 Å². The Morgan fingerprint density at radius 1 is 1.50 bits per heavy atom. The molecule has 0 spiro atoms. The van der Waals surface area contributed by atoms with E-state index in [0.29, 0.717) is 0 Å². The second-order valence-electron chi connectivity index (χ2n) is 1.69. The van der Waals surface area contributed by atoms with Gasteiger partial charge in [-0.05, 0) is 20.3 Å². The molecule has 0 heterocycles. The van der Waals surface area contributed by atoms with Crippen LogP contribution >= 0.6 is 0 Å². The summed E-state index contributed by atoms with van der Waals surface area (Å²) in [5, 5.41) is 3.19. The van der Waals surface area contributed by atoms with Crippen molar-refractivity contribution in [3.63, 3.8) is 0 Å². The average Bonchev–Trinajstić information content (AvgIpc) is 1.72. The molecule has 0 unspecified atom stereocenters. The van der Waals surface area contributed by atoms with Crippen molar-refractivity contribution >= 4 is 5.23 Å². The van der Waals surface area contributed by atoms with Crippen molar-refractivity contribution in [2.75, 3.05) is 0 Å². The molecule has 0 fully saturated rings. The average molecular weight is 149 g/mol. The molecule has 0 aliphatic carbocycles. The second kappa shape index (κ2) is 10.2. The topological polar surface area (TPSA) is 0 Å². The normalized spacial score (nSPS) is 6.25. The summed E-state index contributed by atoms with van der Waals surface area (Å²) in [4.78, 5) is 0. The van der Waals surface area contributed by atoms with Crippen LogP contribution in [0.15, 0.2) is 11.6 Å². The molecule has 8 heavy (non-hydrogen) atoms. The third kappa shape index (κ3) is 16.4. The third-order valence-corrected chi connectivity index (χ3v) is 0.612. The molecule has 0 nitrogen and oxygen atoms in total. The molecule has 0 bridgehead atoms. The molecule has 0 aromatic rings. The molecule has 0 aliphatic heterocycles. The van der Waals surface area contributed by atoms with E-state index in [4.69, 9.17) is 0 Å². The van der Waals surface area contributed by atoms with Crippen LogP contribution in [0.4, 0.5) is 0 Å². The fourth-order valence-corrected chi connectivity index (χ4v) is 0.408. The Labute approximate surface area is 61.5 Å². The Kier molecular flexibility index (Phi) is 14.1. The van der Waals surface area contributed by atoms with Gasteiger partial charge in [-0.25, -0.2) is 0 Å². The van der Waals surface area contributed by atoms with E-state index in [1.807, 2.05) is 0 Å². The van der Waals surface area contributed by atoms with Crippen molar-refractivity contribution < 1.29 is 17.0 Å². The zero-order valence-corrected chi connectivity index (χ0v) is 7.34. The van der Waals surface area contributed by atoms with Gasteiger partial charge in [-0.3, -0.25) is 0 Å². The zero-order chi connectivity index (χ0) is 6.99. The molecule has 0 amide bonds. The van der Waals surface area contributed by atoms with Crippen molar-refractivity contribution in [1.29, 1.82) is 0 Å². The summed E-state index contributed by atoms with van der Waals surface area (Å²) >= 11 is 2.06. The predicted molar refractivity (Wildman–Crippen MR) is 36.8 cm³/mol. The van der Waals surface area contributed by atoms with Gasteiger partial charge in [0.15, 0.2) is 0 Å². The maximum absolute atomic E-state index is 3.19. The van der Waals surface area contributed by atoms with Gasteiger partial charge in [-0.15, -0.1) is 0 Å². The number of allylic oxidation sites excluding steroid dienone is 2. The van der Waals surface area contributed by atoms with Crippen LogP contribution in [0.1, 0.15) is 27.2 Å². The van der Waals surface area contributed by atoms with Crippen LogP contribution in [0.3, 0.4) is 0 Å². The van der Waals surface area contributed by atoms with E-state index in [9.17, 15) is 0 Å². The minimum absolute atomic E-state index is 1.17. The monoisotopic (exact) mass is 149 g/mol. The summed E-state index contributed by atoms with van der Waals surface area (Å²) in [7, 11) is 0. The van der Waals surface area contributed by atoms with E-state index >= 15 is 0 Å². The first kappa shape index (κ1) is 11.1. The first-order chi connectivity index (χ1) is 3.77. The Morgan fingerprint density at radius 3 is 1.88 bits per heavy atom. The molecule has 0 atom stereocenters. The molecule has 0 rings (SSSR count). The van der Waals surface area contributed by atoms with E-state index in [0.717, 1.165) is 0 Å². The summed E-state index contributed by atoms with van der Waals surface area (Å²) in [6.07, 6.45) is 3.38. The molecule has 0 radical (unpaired) electrons. The van der Waals surface area contributed by atoms with E-state index in [1.54, 1.807) is 0 Å². The van der Waals surface area contributed by atoms with E-state index in [-0.39, 0.29) is 0 Å². The molecule has 0 saturated heterocycles. The summed E-state index contributed by atoms with van der Waals surface area (Å²) in [6, 6.07) is 0. The molecular weight excluding hydrogens is 135 g/mol. The molecule has 0 saturated carbocycles. The van der Waals surface area contributed by atoms with Crippen molar-refractivity contribution in [3.05, 3.63) is 11.6 Å². The predicted octanol–water partition coefficient (Wildman–Crippen LogP) is 2.33. The van der Waals surface area contributed by atoms with Crippen LogP contribution in [0.2, 0.25) is 0 Å². The quantitative estimate of drug-likeness (QED) is 0.502. The first-order valence-corrected chi connectivity index (χ1v) is 3.71. The van der Waals surface area contributed by atoms with Crippen LogP contribution in [0.25, 0.3) is 0 Å². The number of hydrogen-bond donors (Lipinski definition) is 0. The van der Waals surface area contributed by atoms with Gasteiger partial charge in [-0.2, -0.15) is 0 Å². The number of rotatable bonds is 1. The van der Waals surface area contributed by atoms with Crippen LogP contribution in [0.5, 0.6) is 0 Å². The van der Waals surface area contributed by atoms with Crippen molar-refractivity contribution in [3.8, 4) is 0 Å². The first-order valence-electron chi connectivity index (χ1n) is 2.72. The van der Waals surface area contributed by atoms with Crippen molar-refractivity contribution in [1.82, 2.24) is 0 Å². The van der Waals surface area contributed by atoms with Crippen LogP contribution in [-0.2, 0) is 17.0 Å². The third-order valence-electron chi connectivity index (χ3n) is 0.612. The van der Waals surface area contributed by atoms with Gasteiger partial charge < -0.3 is 0 Å². The summed E-state index contributed by atoms with van der Waals surface area (Å²) < 4.78 is 0. The molecule has 0 N–H and O–H groups in total. The van der Waals surface area contributed by atoms with Gasteiger partial charge in [0.2, 0.25) is 0 Å². The standard InChI is InChI=1S/C6H12.CH2.V/c1-4-5-6(2)3;;/h5H,4H2,1-3H3;1H2;. The Hall–Kier alpha value is 0.194. The van der Waals surface area contributed by atoms with E-state index in [1.165, 1.54) is 12.0 Å². The molecule has 0 aromatic heterocycles. The molecule has 0 aromatic carbocycles. The number of hydrogen-bond acceptors (Lipinski definition) is 0. The molecule has 47 valence electrons. The maximum atomic E-state index is 3.19. The molecule has 1 heteroatoms. The van der Waals surface area contributed by atoms with Crippen molar-refractivity contribution in [2.45, 2.75) is 27.2 Å². The van der Waals surface area contributed by atoms with Gasteiger partial charge in [-0.1, -0.05) is 18.6 Å². The van der Waals surface area contributed by atoms with Crippen LogP contribution in [0, 0.1) is 0 Å². The van der Waals surface area contributed by atoms with Gasteiger partial charge in [0.05, 0.1) is 0 Å². The van der Waals surface area contributed by atoms with Gasteiger partial charge in [0, 0.05) is 0 Å². The van der Waals surface area contributed by atoms with Gasteiger partial charge >= 0.3 is 22.2 Å². The Morgan fingerprint density at radius 2 is 1.88 bits per heavy atom. The summed E-state index contributed by atoms with van der Waals surface area (Å²) in [6.45, 7) is 6.38.